The Morgan fingerprint density at radius 2 is 1.32 bits per heavy atom. The number of hydrogen-bond donors (Lipinski definition) is 1. The Labute approximate surface area is 205 Å². The van der Waals surface area contributed by atoms with E-state index in [-0.39, 0.29) is 30.6 Å². The number of aliphatic hydroxyl groups is 1. The molecule has 4 nitrogen and oxygen atoms in total. The third-order valence-corrected chi connectivity index (χ3v) is 5.73. The summed E-state index contributed by atoms with van der Waals surface area (Å²) in [5.74, 6) is -0.625. The van der Waals surface area contributed by atoms with Crippen LogP contribution in [0, 0.1) is 0 Å². The Morgan fingerprint density at radius 3 is 1.84 bits per heavy atom. The number of benzene rings is 2. The minimum atomic E-state index is -1.81. The molecular weight excluding hydrogens is 501 g/mol. The number of likely N-dealkylation sites (N-methyl/N-ethyl adjacent to an activating group) is 1. The topological polar surface area (TPSA) is 46.5 Å². The summed E-state index contributed by atoms with van der Waals surface area (Å²) in [6, 6.07) is 18.0. The lowest BCUT2D eigenvalue weighted by Crippen LogP contribution is -3.00. The highest BCUT2D eigenvalue weighted by atomic mass is 127. The van der Waals surface area contributed by atoms with Gasteiger partial charge in [-0.05, 0) is 24.0 Å². The maximum atomic E-state index is 13.0. The second-order valence-electron chi connectivity index (χ2n) is 8.73. The fourth-order valence-corrected chi connectivity index (χ4v) is 3.68. The Morgan fingerprint density at radius 1 is 0.839 bits per heavy atom. The molecule has 1 N–H and O–H groups in total. The quantitative estimate of drug-likeness (QED) is 0.183. The SMILES string of the molecule is CCCCCCCC[N+](C)(C)CCOC(=O)C(O)(c1ccccc1)c1ccccc1.[I-]. The molecule has 2 aromatic carbocycles. The Balaban J connectivity index is 0.00000480. The lowest BCUT2D eigenvalue weighted by molar-refractivity contribution is -0.890. The first-order chi connectivity index (χ1) is 14.4. The van der Waals surface area contributed by atoms with Crippen LogP contribution in [0.3, 0.4) is 0 Å². The van der Waals surface area contributed by atoms with E-state index in [1.165, 1.54) is 38.5 Å². The minimum absolute atomic E-state index is 0. The molecule has 0 aliphatic carbocycles. The standard InChI is InChI=1S/C26H38NO3.HI/c1-4-5-6-7-8-15-20-27(2,3)21-22-30-25(28)26(29,23-16-11-9-12-17-23)24-18-13-10-14-19-24;/h9-14,16-19,29H,4-8,15,20-22H2,1-3H3;1H/q+1;/p-1. The molecule has 0 amide bonds. The molecule has 2 rings (SSSR count). The average Bonchev–Trinajstić information content (AvgIpc) is 2.76. The number of hydrogen-bond acceptors (Lipinski definition) is 3. The van der Waals surface area contributed by atoms with Crippen molar-refractivity contribution in [1.29, 1.82) is 0 Å². The average molecular weight is 539 g/mol. The monoisotopic (exact) mass is 539 g/mol. The zero-order valence-corrected chi connectivity index (χ0v) is 21.4. The molecule has 0 aliphatic heterocycles. The van der Waals surface area contributed by atoms with Crippen LogP contribution in [-0.2, 0) is 15.1 Å². The summed E-state index contributed by atoms with van der Waals surface area (Å²) in [6.45, 7) is 4.30. The summed E-state index contributed by atoms with van der Waals surface area (Å²) in [4.78, 5) is 13.0. The molecule has 0 fully saturated rings. The number of carbonyl (C=O) groups is 1. The largest absolute Gasteiger partial charge is 1.00 e. The van der Waals surface area contributed by atoms with Crippen LogP contribution >= 0.6 is 0 Å². The number of unbranched alkanes of at least 4 members (excludes halogenated alkanes) is 5. The zero-order valence-electron chi connectivity index (χ0n) is 19.2. The summed E-state index contributed by atoms with van der Waals surface area (Å²) in [6.07, 6.45) is 7.64. The minimum Gasteiger partial charge on any atom is -1.00 e. The molecule has 0 spiro atoms. The number of quaternary nitrogens is 1. The molecule has 0 bridgehead atoms. The third-order valence-electron chi connectivity index (χ3n) is 5.73. The van der Waals surface area contributed by atoms with Crippen LogP contribution in [0.1, 0.15) is 56.6 Å². The molecule has 2 aromatic rings. The number of carbonyl (C=O) groups excluding carboxylic acids is 1. The smallest absolute Gasteiger partial charge is 0.347 e. The summed E-state index contributed by atoms with van der Waals surface area (Å²) in [5.41, 5.74) is -0.775. The second kappa shape index (κ2) is 13.9. The van der Waals surface area contributed by atoms with Crippen LogP contribution in [0.15, 0.2) is 60.7 Å². The lowest BCUT2D eigenvalue weighted by Gasteiger charge is -2.31. The van der Waals surface area contributed by atoms with E-state index < -0.39 is 11.6 Å². The van der Waals surface area contributed by atoms with Gasteiger partial charge >= 0.3 is 5.97 Å². The van der Waals surface area contributed by atoms with E-state index in [0.717, 1.165) is 17.6 Å². The number of esters is 1. The summed E-state index contributed by atoms with van der Waals surface area (Å²) in [7, 11) is 4.33. The number of rotatable bonds is 13. The number of nitrogens with zero attached hydrogens (tertiary/aromatic N) is 1. The summed E-state index contributed by atoms with van der Waals surface area (Å²) < 4.78 is 6.41. The van der Waals surface area contributed by atoms with Crippen molar-refractivity contribution in [3.05, 3.63) is 71.8 Å². The zero-order chi connectivity index (χ0) is 21.9. The molecule has 0 aliphatic rings. The van der Waals surface area contributed by atoms with E-state index in [2.05, 4.69) is 21.0 Å². The first-order valence-electron chi connectivity index (χ1n) is 11.2. The van der Waals surface area contributed by atoms with Gasteiger partial charge in [-0.15, -0.1) is 0 Å². The molecule has 31 heavy (non-hydrogen) atoms. The van der Waals surface area contributed by atoms with Gasteiger partial charge in [0.2, 0.25) is 5.60 Å². The van der Waals surface area contributed by atoms with Gasteiger partial charge in [-0.2, -0.15) is 0 Å². The normalized spacial score (nSPS) is 11.6. The van der Waals surface area contributed by atoms with Crippen LogP contribution < -0.4 is 24.0 Å². The molecule has 172 valence electrons. The van der Waals surface area contributed by atoms with Crippen LogP contribution in [0.5, 0.6) is 0 Å². The molecule has 5 heteroatoms. The first kappa shape index (κ1) is 27.6. The highest BCUT2D eigenvalue weighted by Gasteiger charge is 2.41. The molecule has 0 radical (unpaired) electrons. The molecular formula is C26H38INO3. The fourth-order valence-electron chi connectivity index (χ4n) is 3.68. The Bertz CT molecular complexity index is 710. The van der Waals surface area contributed by atoms with E-state index >= 15 is 0 Å². The molecule has 0 aromatic heterocycles. The van der Waals surface area contributed by atoms with Gasteiger partial charge in [-0.25, -0.2) is 4.79 Å². The van der Waals surface area contributed by atoms with Crippen molar-refractivity contribution < 1.29 is 43.1 Å². The highest BCUT2D eigenvalue weighted by molar-refractivity contribution is 5.85. The predicted octanol–water partition coefficient (Wildman–Crippen LogP) is 1.91. The van der Waals surface area contributed by atoms with Gasteiger partial charge in [0, 0.05) is 0 Å². The van der Waals surface area contributed by atoms with E-state index in [1.54, 1.807) is 24.3 Å². The van der Waals surface area contributed by atoms with E-state index in [0.29, 0.717) is 11.1 Å². The van der Waals surface area contributed by atoms with E-state index in [1.807, 2.05) is 36.4 Å². The van der Waals surface area contributed by atoms with Gasteiger partial charge in [0.15, 0.2) is 0 Å². The summed E-state index contributed by atoms with van der Waals surface area (Å²) in [5, 5.41) is 11.4. The summed E-state index contributed by atoms with van der Waals surface area (Å²) >= 11 is 0. The molecule has 0 saturated heterocycles. The Hall–Kier alpha value is -1.44. The van der Waals surface area contributed by atoms with Crippen molar-refractivity contribution in [2.24, 2.45) is 0 Å². The van der Waals surface area contributed by atoms with Crippen molar-refractivity contribution in [2.75, 3.05) is 33.8 Å². The van der Waals surface area contributed by atoms with Gasteiger partial charge in [-0.1, -0.05) is 93.3 Å². The van der Waals surface area contributed by atoms with Gasteiger partial charge in [-0.3, -0.25) is 0 Å². The van der Waals surface area contributed by atoms with Gasteiger partial charge in [0.05, 0.1) is 20.6 Å². The van der Waals surface area contributed by atoms with Crippen LogP contribution in [0.4, 0.5) is 0 Å². The van der Waals surface area contributed by atoms with Crippen LogP contribution in [0.25, 0.3) is 0 Å². The molecule has 0 heterocycles. The molecule has 0 saturated carbocycles. The van der Waals surface area contributed by atoms with E-state index in [9.17, 15) is 9.90 Å². The molecule has 0 unspecified atom stereocenters. The molecule has 0 atom stereocenters. The van der Waals surface area contributed by atoms with Crippen molar-refractivity contribution >= 4 is 5.97 Å². The van der Waals surface area contributed by atoms with Gasteiger partial charge in [0.25, 0.3) is 0 Å². The van der Waals surface area contributed by atoms with Crippen LogP contribution in [-0.4, -0.2) is 49.4 Å². The number of ether oxygens (including phenoxy) is 1. The maximum absolute atomic E-state index is 13.0. The second-order valence-corrected chi connectivity index (χ2v) is 8.73. The van der Waals surface area contributed by atoms with Crippen molar-refractivity contribution in [3.8, 4) is 0 Å². The van der Waals surface area contributed by atoms with Crippen molar-refractivity contribution in [2.45, 2.75) is 51.0 Å². The van der Waals surface area contributed by atoms with Crippen molar-refractivity contribution in [1.82, 2.24) is 0 Å². The van der Waals surface area contributed by atoms with E-state index in [4.69, 9.17) is 4.74 Å². The maximum Gasteiger partial charge on any atom is 0.347 e. The lowest BCUT2D eigenvalue weighted by atomic mass is 9.86. The van der Waals surface area contributed by atoms with Crippen molar-refractivity contribution in [3.63, 3.8) is 0 Å². The third kappa shape index (κ3) is 8.54. The van der Waals surface area contributed by atoms with Gasteiger partial charge < -0.3 is 38.3 Å². The first-order valence-corrected chi connectivity index (χ1v) is 11.2. The number of halogens is 1. The fraction of sp³-hybridized carbons (Fsp3) is 0.500. The highest BCUT2D eigenvalue weighted by Crippen LogP contribution is 2.31. The predicted molar refractivity (Wildman–Crippen MR) is 122 cm³/mol. The van der Waals surface area contributed by atoms with Crippen LogP contribution in [0.2, 0.25) is 0 Å². The Kier molecular flexibility index (Phi) is 12.3. The van der Waals surface area contributed by atoms with Gasteiger partial charge in [0.1, 0.15) is 13.2 Å².